The minimum absolute atomic E-state index is 0.117. The number of nitrogens with zero attached hydrogens (tertiary/aromatic N) is 1. The maximum atomic E-state index is 11.0. The van der Waals surface area contributed by atoms with E-state index < -0.39 is 0 Å². The molecule has 0 spiro atoms. The Hall–Kier alpha value is -2.36. The SMILES string of the molecule is O=[N+]([O-])c1ccccc1NCc1cccc(C2CC2)c1. The first-order chi connectivity index (χ1) is 9.74. The molecule has 0 atom stereocenters. The van der Waals surface area contributed by atoms with Gasteiger partial charge in [-0.05, 0) is 36.0 Å². The first-order valence-corrected chi connectivity index (χ1v) is 6.80. The van der Waals surface area contributed by atoms with E-state index in [9.17, 15) is 10.1 Å². The van der Waals surface area contributed by atoms with Gasteiger partial charge in [0.1, 0.15) is 5.69 Å². The Morgan fingerprint density at radius 2 is 1.95 bits per heavy atom. The van der Waals surface area contributed by atoms with Crippen molar-refractivity contribution >= 4 is 11.4 Å². The highest BCUT2D eigenvalue weighted by Gasteiger charge is 2.23. The number of nitrogens with one attached hydrogen (secondary N) is 1. The van der Waals surface area contributed by atoms with Gasteiger partial charge in [0.2, 0.25) is 0 Å². The summed E-state index contributed by atoms with van der Waals surface area (Å²) in [6.07, 6.45) is 2.56. The second-order valence-corrected chi connectivity index (χ2v) is 5.15. The van der Waals surface area contributed by atoms with Crippen LogP contribution in [0.4, 0.5) is 11.4 Å². The summed E-state index contributed by atoms with van der Waals surface area (Å²) >= 11 is 0. The molecule has 0 saturated heterocycles. The van der Waals surface area contributed by atoms with Crippen molar-refractivity contribution in [1.29, 1.82) is 0 Å². The van der Waals surface area contributed by atoms with Crippen LogP contribution in [0, 0.1) is 10.1 Å². The number of benzene rings is 2. The molecule has 4 nitrogen and oxygen atoms in total. The Bertz CT molecular complexity index is 636. The number of para-hydroxylation sites is 2. The van der Waals surface area contributed by atoms with E-state index in [0.717, 1.165) is 11.5 Å². The number of hydrogen-bond acceptors (Lipinski definition) is 3. The predicted octanol–water partition coefficient (Wildman–Crippen LogP) is 4.08. The third kappa shape index (κ3) is 2.79. The fraction of sp³-hybridized carbons (Fsp3) is 0.250. The highest BCUT2D eigenvalue weighted by atomic mass is 16.6. The molecule has 0 aromatic heterocycles. The molecule has 2 aromatic carbocycles. The van der Waals surface area contributed by atoms with Crippen molar-refractivity contribution in [2.24, 2.45) is 0 Å². The summed E-state index contributed by atoms with van der Waals surface area (Å²) in [5.74, 6) is 0.723. The van der Waals surface area contributed by atoms with Gasteiger partial charge in [0, 0.05) is 12.6 Å². The highest BCUT2D eigenvalue weighted by molar-refractivity contribution is 5.61. The zero-order valence-electron chi connectivity index (χ0n) is 11.1. The van der Waals surface area contributed by atoms with Gasteiger partial charge in [-0.3, -0.25) is 10.1 Å². The minimum Gasteiger partial charge on any atom is -0.375 e. The molecule has 3 rings (SSSR count). The fourth-order valence-electron chi connectivity index (χ4n) is 2.35. The normalized spacial score (nSPS) is 14.0. The van der Waals surface area contributed by atoms with Crippen LogP contribution in [0.2, 0.25) is 0 Å². The van der Waals surface area contributed by atoms with Gasteiger partial charge in [-0.1, -0.05) is 36.4 Å². The van der Waals surface area contributed by atoms with E-state index in [-0.39, 0.29) is 10.6 Å². The number of rotatable bonds is 5. The Balaban J connectivity index is 1.73. The zero-order valence-corrected chi connectivity index (χ0v) is 11.1. The van der Waals surface area contributed by atoms with Gasteiger partial charge in [-0.25, -0.2) is 0 Å². The van der Waals surface area contributed by atoms with Crippen molar-refractivity contribution in [3.8, 4) is 0 Å². The quantitative estimate of drug-likeness (QED) is 0.656. The average Bonchev–Trinajstić information content (AvgIpc) is 3.30. The molecule has 0 radical (unpaired) electrons. The van der Waals surface area contributed by atoms with E-state index in [4.69, 9.17) is 0 Å². The van der Waals surface area contributed by atoms with Crippen molar-refractivity contribution in [3.05, 3.63) is 69.8 Å². The standard InChI is InChI=1S/C16H16N2O2/c19-18(20)16-7-2-1-6-15(16)17-11-12-4-3-5-14(10-12)13-8-9-13/h1-7,10,13,17H,8-9,11H2. The third-order valence-electron chi connectivity index (χ3n) is 3.58. The lowest BCUT2D eigenvalue weighted by Gasteiger charge is -2.08. The molecule has 1 fully saturated rings. The van der Waals surface area contributed by atoms with Gasteiger partial charge in [0.25, 0.3) is 5.69 Å². The van der Waals surface area contributed by atoms with Gasteiger partial charge in [-0.15, -0.1) is 0 Å². The summed E-state index contributed by atoms with van der Waals surface area (Å²) in [6.45, 7) is 0.603. The van der Waals surface area contributed by atoms with Crippen LogP contribution in [-0.2, 0) is 6.54 Å². The Morgan fingerprint density at radius 1 is 1.15 bits per heavy atom. The molecule has 0 amide bonds. The molecule has 0 heterocycles. The van der Waals surface area contributed by atoms with E-state index >= 15 is 0 Å². The average molecular weight is 268 g/mol. The Kier molecular flexibility index (Phi) is 3.37. The summed E-state index contributed by atoms with van der Waals surface area (Å²) in [6, 6.07) is 15.2. The van der Waals surface area contributed by atoms with Crippen molar-refractivity contribution in [2.45, 2.75) is 25.3 Å². The summed E-state index contributed by atoms with van der Waals surface area (Å²) in [5, 5.41) is 14.1. The smallest absolute Gasteiger partial charge is 0.292 e. The number of nitro groups is 1. The van der Waals surface area contributed by atoms with Gasteiger partial charge >= 0.3 is 0 Å². The van der Waals surface area contributed by atoms with E-state index in [0.29, 0.717) is 12.2 Å². The summed E-state index contributed by atoms with van der Waals surface area (Å²) in [7, 11) is 0. The molecule has 0 unspecified atom stereocenters. The molecule has 0 aliphatic heterocycles. The highest BCUT2D eigenvalue weighted by Crippen LogP contribution is 2.40. The lowest BCUT2D eigenvalue weighted by atomic mass is 10.1. The molecular formula is C16H16N2O2. The van der Waals surface area contributed by atoms with Gasteiger partial charge in [-0.2, -0.15) is 0 Å². The van der Waals surface area contributed by atoms with E-state index in [1.807, 2.05) is 6.07 Å². The van der Waals surface area contributed by atoms with Crippen LogP contribution in [0.15, 0.2) is 48.5 Å². The molecule has 1 aliphatic rings. The molecule has 1 aliphatic carbocycles. The topological polar surface area (TPSA) is 55.2 Å². The molecule has 20 heavy (non-hydrogen) atoms. The van der Waals surface area contributed by atoms with Crippen LogP contribution in [0.1, 0.15) is 29.9 Å². The summed E-state index contributed by atoms with van der Waals surface area (Å²) < 4.78 is 0. The monoisotopic (exact) mass is 268 g/mol. The van der Waals surface area contributed by atoms with E-state index in [1.165, 1.54) is 24.5 Å². The van der Waals surface area contributed by atoms with Crippen LogP contribution in [0.25, 0.3) is 0 Å². The van der Waals surface area contributed by atoms with Crippen molar-refractivity contribution in [2.75, 3.05) is 5.32 Å². The third-order valence-corrected chi connectivity index (χ3v) is 3.58. The Labute approximate surface area is 117 Å². The molecule has 1 N–H and O–H groups in total. The Morgan fingerprint density at radius 3 is 2.70 bits per heavy atom. The van der Waals surface area contributed by atoms with E-state index in [2.05, 4.69) is 23.5 Å². The number of hydrogen-bond donors (Lipinski definition) is 1. The number of nitro benzene ring substituents is 1. The largest absolute Gasteiger partial charge is 0.375 e. The lowest BCUT2D eigenvalue weighted by Crippen LogP contribution is -2.02. The lowest BCUT2D eigenvalue weighted by molar-refractivity contribution is -0.384. The number of anilines is 1. The summed E-state index contributed by atoms with van der Waals surface area (Å²) in [5.41, 5.74) is 3.22. The zero-order chi connectivity index (χ0) is 13.9. The molecule has 102 valence electrons. The van der Waals surface area contributed by atoms with Gasteiger partial charge in [0.05, 0.1) is 4.92 Å². The van der Waals surface area contributed by atoms with Crippen molar-refractivity contribution in [3.63, 3.8) is 0 Å². The van der Waals surface area contributed by atoms with Gasteiger partial charge in [0.15, 0.2) is 0 Å². The fourth-order valence-corrected chi connectivity index (χ4v) is 2.35. The van der Waals surface area contributed by atoms with Gasteiger partial charge < -0.3 is 5.32 Å². The predicted molar refractivity (Wildman–Crippen MR) is 78.8 cm³/mol. The van der Waals surface area contributed by atoms with Crippen molar-refractivity contribution in [1.82, 2.24) is 0 Å². The second-order valence-electron chi connectivity index (χ2n) is 5.15. The first kappa shape index (κ1) is 12.7. The second kappa shape index (κ2) is 5.33. The van der Waals surface area contributed by atoms with Crippen LogP contribution in [0.5, 0.6) is 0 Å². The molecule has 1 saturated carbocycles. The van der Waals surface area contributed by atoms with Crippen LogP contribution >= 0.6 is 0 Å². The maximum absolute atomic E-state index is 11.0. The molecular weight excluding hydrogens is 252 g/mol. The molecule has 2 aromatic rings. The van der Waals surface area contributed by atoms with Crippen LogP contribution in [0.3, 0.4) is 0 Å². The summed E-state index contributed by atoms with van der Waals surface area (Å²) in [4.78, 5) is 10.6. The van der Waals surface area contributed by atoms with Crippen LogP contribution < -0.4 is 5.32 Å². The van der Waals surface area contributed by atoms with Crippen LogP contribution in [-0.4, -0.2) is 4.92 Å². The van der Waals surface area contributed by atoms with Crippen molar-refractivity contribution < 1.29 is 4.92 Å². The molecule has 0 bridgehead atoms. The molecule has 4 heteroatoms. The maximum Gasteiger partial charge on any atom is 0.292 e. The first-order valence-electron chi connectivity index (χ1n) is 6.80. The van der Waals surface area contributed by atoms with E-state index in [1.54, 1.807) is 18.2 Å². The minimum atomic E-state index is -0.358.